The van der Waals surface area contributed by atoms with Gasteiger partial charge in [0.05, 0.1) is 11.8 Å². The third-order valence-electron chi connectivity index (χ3n) is 0.245. The monoisotopic (exact) mass is 145 g/mol. The highest BCUT2D eigenvalue weighted by molar-refractivity contribution is 7.80. The zero-order chi connectivity index (χ0) is 7.70. The van der Waals surface area contributed by atoms with Crippen LogP contribution in [0.2, 0.25) is 0 Å². The molecule has 3 nitrogen and oxygen atoms in total. The summed E-state index contributed by atoms with van der Waals surface area (Å²) in [5.74, 6) is -0.662. The van der Waals surface area contributed by atoms with Crippen molar-refractivity contribution in [3.05, 3.63) is 12.7 Å². The molecule has 0 atom stereocenters. The normalized spacial score (nSPS) is 5.78. The van der Waals surface area contributed by atoms with Crippen molar-refractivity contribution in [2.45, 2.75) is 0 Å². The summed E-state index contributed by atoms with van der Waals surface area (Å²) in [6.45, 7) is 2.96. The van der Waals surface area contributed by atoms with Crippen LogP contribution in [-0.4, -0.2) is 16.8 Å². The van der Waals surface area contributed by atoms with Crippen LogP contribution in [0.15, 0.2) is 12.7 Å². The van der Waals surface area contributed by atoms with Crippen molar-refractivity contribution in [3.63, 3.8) is 0 Å². The second-order valence-corrected chi connectivity index (χ2v) is 1.17. The number of hydrogen-bond acceptors (Lipinski definition) is 3. The molecule has 0 aliphatic rings. The van der Waals surface area contributed by atoms with Crippen molar-refractivity contribution in [1.29, 1.82) is 5.26 Å². The van der Waals surface area contributed by atoms with Crippen molar-refractivity contribution in [2.75, 3.05) is 5.75 Å². The summed E-state index contributed by atoms with van der Waals surface area (Å²) >= 11 is 3.56. The number of thiol groups is 1. The van der Waals surface area contributed by atoms with Crippen LogP contribution in [0.3, 0.4) is 0 Å². The number of hydrogen-bond donors (Lipinski definition) is 2. The highest BCUT2D eigenvalue weighted by Gasteiger charge is 1.73. The van der Waals surface area contributed by atoms with Crippen LogP contribution in [-0.2, 0) is 4.79 Å². The molecule has 0 saturated carbocycles. The summed E-state index contributed by atoms with van der Waals surface area (Å²) in [5, 5.41) is 15.2. The van der Waals surface area contributed by atoms with E-state index in [4.69, 9.17) is 10.4 Å². The Morgan fingerprint density at radius 2 is 2.22 bits per heavy atom. The maximum Gasteiger partial charge on any atom is 0.327 e. The Morgan fingerprint density at radius 1 is 2.00 bits per heavy atom. The number of nitrogens with zero attached hydrogens (tertiary/aromatic N) is 1. The predicted octanol–water partition coefficient (Wildman–Crippen LogP) is 0.697. The fourth-order valence-electron chi connectivity index (χ4n) is 0. The van der Waals surface area contributed by atoms with E-state index in [0.717, 1.165) is 6.08 Å². The molecule has 0 saturated heterocycles. The second kappa shape index (κ2) is 10.1. The van der Waals surface area contributed by atoms with E-state index in [0.29, 0.717) is 5.75 Å². The maximum absolute atomic E-state index is 9.25. The van der Waals surface area contributed by atoms with Crippen LogP contribution >= 0.6 is 12.6 Å². The minimum absolute atomic E-state index is 0.319. The first-order chi connectivity index (χ1) is 4.18. The Balaban J connectivity index is 0. The summed E-state index contributed by atoms with van der Waals surface area (Å²) in [7, 11) is 0. The second-order valence-electron chi connectivity index (χ2n) is 0.859. The van der Waals surface area contributed by atoms with Crippen LogP contribution in [0.25, 0.3) is 0 Å². The van der Waals surface area contributed by atoms with E-state index in [1.807, 2.05) is 0 Å². The zero-order valence-corrected chi connectivity index (χ0v) is 5.64. The summed E-state index contributed by atoms with van der Waals surface area (Å²) in [6.07, 6.45) is 0.833. The molecular formula is C5H7NO2S. The number of carboxylic acids is 1. The molecule has 0 heterocycles. The molecule has 0 aromatic rings. The van der Waals surface area contributed by atoms with Crippen molar-refractivity contribution >= 4 is 18.6 Å². The maximum atomic E-state index is 9.25. The summed E-state index contributed by atoms with van der Waals surface area (Å²) in [4.78, 5) is 9.25. The van der Waals surface area contributed by atoms with Gasteiger partial charge in [-0.25, -0.2) is 4.79 Å². The van der Waals surface area contributed by atoms with Gasteiger partial charge < -0.3 is 5.11 Å². The van der Waals surface area contributed by atoms with Crippen molar-refractivity contribution in [1.82, 2.24) is 0 Å². The molecule has 50 valence electrons. The Labute approximate surface area is 59.0 Å². The van der Waals surface area contributed by atoms with Gasteiger partial charge in [-0.2, -0.15) is 17.9 Å². The highest BCUT2D eigenvalue weighted by atomic mass is 32.1. The van der Waals surface area contributed by atoms with E-state index < -0.39 is 5.97 Å². The number of aliphatic carboxylic acids is 1. The Hall–Kier alpha value is -0.950. The summed E-state index contributed by atoms with van der Waals surface area (Å²) < 4.78 is 0. The lowest BCUT2D eigenvalue weighted by molar-refractivity contribution is -0.131. The minimum atomic E-state index is -0.981. The van der Waals surface area contributed by atoms with Crippen molar-refractivity contribution < 1.29 is 9.90 Å². The average Bonchev–Trinajstić information content (AvgIpc) is 1.89. The van der Waals surface area contributed by atoms with Crippen molar-refractivity contribution in [2.24, 2.45) is 0 Å². The minimum Gasteiger partial charge on any atom is -0.478 e. The fourth-order valence-corrected chi connectivity index (χ4v) is 0. The standard InChI is InChI=1S/C3H4O2.C2H3NS/c1-2-3(4)5;3-1-2-4/h2H,1H2,(H,4,5);4H,2H2. The van der Waals surface area contributed by atoms with Gasteiger partial charge in [-0.3, -0.25) is 0 Å². The Morgan fingerprint density at radius 3 is 2.22 bits per heavy atom. The van der Waals surface area contributed by atoms with E-state index >= 15 is 0 Å². The first-order valence-electron chi connectivity index (χ1n) is 2.02. The molecule has 0 fully saturated rings. The van der Waals surface area contributed by atoms with Crippen LogP contribution in [0.5, 0.6) is 0 Å². The molecule has 0 radical (unpaired) electrons. The molecule has 0 aliphatic carbocycles. The van der Waals surface area contributed by atoms with Crippen molar-refractivity contribution in [3.8, 4) is 6.07 Å². The van der Waals surface area contributed by atoms with Gasteiger partial charge in [-0.05, 0) is 0 Å². The van der Waals surface area contributed by atoms with Gasteiger partial charge in [0.15, 0.2) is 0 Å². The van der Waals surface area contributed by atoms with Gasteiger partial charge in [0.2, 0.25) is 0 Å². The molecule has 0 spiro atoms. The summed E-state index contributed by atoms with van der Waals surface area (Å²) in [5.41, 5.74) is 0. The Bertz CT molecular complexity index is 127. The van der Waals surface area contributed by atoms with E-state index in [9.17, 15) is 4.79 Å². The molecule has 0 rings (SSSR count). The molecule has 4 heteroatoms. The molecular weight excluding hydrogens is 138 g/mol. The van der Waals surface area contributed by atoms with Gasteiger partial charge in [-0.1, -0.05) is 6.58 Å². The first kappa shape index (κ1) is 10.9. The molecule has 0 bridgehead atoms. The molecule has 0 aliphatic heterocycles. The lowest BCUT2D eigenvalue weighted by Gasteiger charge is -1.64. The van der Waals surface area contributed by atoms with E-state index in [1.54, 1.807) is 6.07 Å². The number of carbonyl (C=O) groups is 1. The topological polar surface area (TPSA) is 61.1 Å². The molecule has 9 heavy (non-hydrogen) atoms. The van der Waals surface area contributed by atoms with E-state index in [1.165, 1.54) is 0 Å². The predicted molar refractivity (Wildman–Crippen MR) is 37.3 cm³/mol. The van der Waals surface area contributed by atoms with Gasteiger partial charge in [0.25, 0.3) is 0 Å². The van der Waals surface area contributed by atoms with E-state index in [2.05, 4.69) is 19.2 Å². The lowest BCUT2D eigenvalue weighted by Crippen LogP contribution is -1.82. The quantitative estimate of drug-likeness (QED) is 0.421. The molecule has 0 amide bonds. The highest BCUT2D eigenvalue weighted by Crippen LogP contribution is 1.59. The third kappa shape index (κ3) is 42.8. The third-order valence-corrected chi connectivity index (χ3v) is 0.387. The zero-order valence-electron chi connectivity index (χ0n) is 4.74. The summed E-state index contributed by atoms with van der Waals surface area (Å²) in [6, 6.07) is 1.79. The lowest BCUT2D eigenvalue weighted by atomic mass is 10.7. The Kier molecular flexibility index (Phi) is 12.3. The van der Waals surface area contributed by atoms with E-state index in [-0.39, 0.29) is 0 Å². The first-order valence-corrected chi connectivity index (χ1v) is 2.65. The number of carboxylic acid groups (broad SMARTS) is 1. The molecule has 0 aromatic heterocycles. The number of nitriles is 1. The van der Waals surface area contributed by atoms with Gasteiger partial charge in [-0.15, -0.1) is 0 Å². The average molecular weight is 145 g/mol. The van der Waals surface area contributed by atoms with Crippen LogP contribution in [0.4, 0.5) is 0 Å². The molecule has 0 aromatic carbocycles. The van der Waals surface area contributed by atoms with Crippen LogP contribution in [0.1, 0.15) is 0 Å². The smallest absolute Gasteiger partial charge is 0.327 e. The van der Waals surface area contributed by atoms with Crippen LogP contribution in [0, 0.1) is 11.3 Å². The molecule has 1 N–H and O–H groups in total. The van der Waals surface area contributed by atoms with Gasteiger partial charge in [0.1, 0.15) is 0 Å². The van der Waals surface area contributed by atoms with Gasteiger partial charge in [0, 0.05) is 6.08 Å². The largest absolute Gasteiger partial charge is 0.478 e. The molecule has 0 unspecified atom stereocenters. The fraction of sp³-hybridized carbons (Fsp3) is 0.200. The SMILES string of the molecule is C=CC(=O)O.N#CCS. The van der Waals surface area contributed by atoms with Gasteiger partial charge >= 0.3 is 5.97 Å². The van der Waals surface area contributed by atoms with Crippen LogP contribution < -0.4 is 0 Å². The number of rotatable bonds is 1.